The Morgan fingerprint density at radius 2 is 1.88 bits per heavy atom. The van der Waals surface area contributed by atoms with E-state index in [0.717, 1.165) is 37.3 Å². The van der Waals surface area contributed by atoms with Gasteiger partial charge >= 0.3 is 0 Å². The largest absolute Gasteiger partial charge is 0.347 e. The van der Waals surface area contributed by atoms with Crippen LogP contribution >= 0.6 is 15.9 Å². The Labute approximate surface area is 106 Å². The van der Waals surface area contributed by atoms with Gasteiger partial charge in [-0.3, -0.25) is 4.79 Å². The third-order valence-electron chi connectivity index (χ3n) is 3.67. The first-order valence-corrected chi connectivity index (χ1v) is 6.25. The second kappa shape index (κ2) is 3.51. The number of amides is 1. The summed E-state index contributed by atoms with van der Waals surface area (Å²) in [7, 11) is 0. The van der Waals surface area contributed by atoms with Crippen LogP contribution < -0.4 is 5.32 Å². The number of carbonyl (C=O) groups excluding carboxylic acids is 1. The van der Waals surface area contributed by atoms with Gasteiger partial charge in [0.2, 0.25) is 0 Å². The highest BCUT2D eigenvalue weighted by molar-refractivity contribution is 9.10. The van der Waals surface area contributed by atoms with Crippen molar-refractivity contribution in [2.45, 2.75) is 24.8 Å². The van der Waals surface area contributed by atoms with Crippen LogP contribution in [0.2, 0.25) is 0 Å². The number of nitrogens with one attached hydrogen (secondary N) is 1. The Balaban J connectivity index is 1.83. The summed E-state index contributed by atoms with van der Waals surface area (Å²) in [6.07, 6.45) is 3.04. The lowest BCUT2D eigenvalue weighted by Gasteiger charge is -2.61. The fourth-order valence-electron chi connectivity index (χ4n) is 2.64. The molecule has 1 N–H and O–H groups in total. The molecule has 0 heterocycles. The molecule has 0 saturated heterocycles. The molecular formula is C12H10BrF2NO. The van der Waals surface area contributed by atoms with Gasteiger partial charge in [0.15, 0.2) is 11.6 Å². The van der Waals surface area contributed by atoms with Gasteiger partial charge in [-0.25, -0.2) is 8.78 Å². The van der Waals surface area contributed by atoms with Crippen molar-refractivity contribution in [1.82, 2.24) is 5.32 Å². The predicted octanol–water partition coefficient (Wildman–Crippen LogP) is 3.01. The molecule has 90 valence electrons. The molecule has 0 unspecified atom stereocenters. The highest BCUT2D eigenvalue weighted by atomic mass is 79.9. The minimum absolute atomic E-state index is 0.0634. The number of hydrogen-bond acceptors (Lipinski definition) is 1. The van der Waals surface area contributed by atoms with Gasteiger partial charge in [0.1, 0.15) is 0 Å². The molecule has 3 saturated carbocycles. The van der Waals surface area contributed by atoms with Crippen molar-refractivity contribution in [3.05, 3.63) is 33.8 Å². The van der Waals surface area contributed by atoms with Crippen LogP contribution in [0.4, 0.5) is 8.78 Å². The van der Waals surface area contributed by atoms with Crippen molar-refractivity contribution < 1.29 is 13.6 Å². The van der Waals surface area contributed by atoms with E-state index in [1.807, 2.05) is 0 Å². The Kier molecular flexibility index (Phi) is 2.30. The van der Waals surface area contributed by atoms with Gasteiger partial charge in [0, 0.05) is 10.0 Å². The van der Waals surface area contributed by atoms with Gasteiger partial charge in [0.05, 0.1) is 5.56 Å². The van der Waals surface area contributed by atoms with E-state index in [2.05, 4.69) is 21.2 Å². The fourth-order valence-corrected chi connectivity index (χ4v) is 3.13. The molecule has 1 aromatic carbocycles. The number of benzene rings is 1. The van der Waals surface area contributed by atoms with Crippen LogP contribution in [0.25, 0.3) is 0 Å². The Hall–Kier alpha value is -0.970. The van der Waals surface area contributed by atoms with Crippen molar-refractivity contribution in [3.63, 3.8) is 0 Å². The van der Waals surface area contributed by atoms with Gasteiger partial charge in [-0.15, -0.1) is 0 Å². The van der Waals surface area contributed by atoms with Gasteiger partial charge in [-0.2, -0.15) is 0 Å². The average molecular weight is 302 g/mol. The van der Waals surface area contributed by atoms with Crippen molar-refractivity contribution in [2.75, 3.05) is 0 Å². The fraction of sp³-hybridized carbons (Fsp3) is 0.417. The van der Waals surface area contributed by atoms with E-state index in [0.29, 0.717) is 0 Å². The third kappa shape index (κ3) is 1.68. The van der Waals surface area contributed by atoms with Crippen LogP contribution in [-0.4, -0.2) is 11.4 Å². The van der Waals surface area contributed by atoms with Gasteiger partial charge < -0.3 is 5.32 Å². The van der Waals surface area contributed by atoms with Crippen molar-refractivity contribution in [2.24, 2.45) is 5.92 Å². The molecule has 1 aromatic rings. The average Bonchev–Trinajstić information content (AvgIpc) is 2.15. The first-order chi connectivity index (χ1) is 7.99. The van der Waals surface area contributed by atoms with Gasteiger partial charge in [-0.05, 0) is 53.2 Å². The zero-order valence-electron chi connectivity index (χ0n) is 8.90. The van der Waals surface area contributed by atoms with Crippen molar-refractivity contribution in [1.29, 1.82) is 0 Å². The number of hydrogen-bond donors (Lipinski definition) is 1. The van der Waals surface area contributed by atoms with Gasteiger partial charge in [0.25, 0.3) is 5.91 Å². The highest BCUT2D eigenvalue weighted by Crippen LogP contribution is 2.57. The molecule has 2 nitrogen and oxygen atoms in total. The summed E-state index contributed by atoms with van der Waals surface area (Å²) in [6.45, 7) is 0. The molecule has 0 aliphatic heterocycles. The number of rotatable bonds is 2. The normalized spacial score (nSPS) is 29.2. The lowest BCUT2D eigenvalue weighted by Crippen LogP contribution is -2.68. The summed E-state index contributed by atoms with van der Waals surface area (Å²) in [5, 5.41) is 2.90. The minimum Gasteiger partial charge on any atom is -0.347 e. The summed E-state index contributed by atoms with van der Waals surface area (Å²) >= 11 is 3.07. The minimum atomic E-state index is -1.00. The molecular weight excluding hydrogens is 292 g/mol. The summed E-state index contributed by atoms with van der Waals surface area (Å²) in [5.74, 6) is -1.55. The molecule has 4 rings (SSSR count). The summed E-state index contributed by atoms with van der Waals surface area (Å²) < 4.78 is 26.3. The van der Waals surface area contributed by atoms with E-state index in [9.17, 15) is 13.6 Å². The Morgan fingerprint density at radius 1 is 1.29 bits per heavy atom. The van der Waals surface area contributed by atoms with E-state index < -0.39 is 11.6 Å². The molecule has 5 heteroatoms. The molecule has 0 spiro atoms. The second-order valence-electron chi connectivity index (χ2n) is 4.96. The number of halogens is 3. The van der Waals surface area contributed by atoms with Crippen LogP contribution in [0, 0.1) is 17.6 Å². The van der Waals surface area contributed by atoms with E-state index in [4.69, 9.17) is 0 Å². The van der Waals surface area contributed by atoms with Gasteiger partial charge in [-0.1, -0.05) is 0 Å². The summed E-state index contributed by atoms with van der Waals surface area (Å²) in [4.78, 5) is 11.9. The lowest BCUT2D eigenvalue weighted by atomic mass is 9.50. The van der Waals surface area contributed by atoms with E-state index >= 15 is 0 Å². The molecule has 0 radical (unpaired) electrons. The maximum Gasteiger partial charge on any atom is 0.252 e. The third-order valence-corrected chi connectivity index (χ3v) is 4.33. The molecule has 2 bridgehead atoms. The lowest BCUT2D eigenvalue weighted by molar-refractivity contribution is -0.0438. The van der Waals surface area contributed by atoms with Crippen LogP contribution in [0.1, 0.15) is 29.6 Å². The van der Waals surface area contributed by atoms with Crippen LogP contribution in [-0.2, 0) is 0 Å². The van der Waals surface area contributed by atoms with Crippen LogP contribution in [0.15, 0.2) is 16.6 Å². The summed E-state index contributed by atoms with van der Waals surface area (Å²) in [6, 6.07) is 1.91. The topological polar surface area (TPSA) is 29.1 Å². The molecule has 0 aromatic heterocycles. The molecule has 3 aliphatic rings. The second-order valence-corrected chi connectivity index (χ2v) is 5.81. The summed E-state index contributed by atoms with van der Waals surface area (Å²) in [5.41, 5.74) is 0.0834. The maximum absolute atomic E-state index is 13.1. The maximum atomic E-state index is 13.1. The van der Waals surface area contributed by atoms with E-state index in [-0.39, 0.29) is 21.5 Å². The smallest absolute Gasteiger partial charge is 0.252 e. The number of carbonyl (C=O) groups is 1. The van der Waals surface area contributed by atoms with Crippen LogP contribution in [0.5, 0.6) is 0 Å². The highest BCUT2D eigenvalue weighted by Gasteiger charge is 2.57. The molecule has 1 amide bonds. The molecule has 17 heavy (non-hydrogen) atoms. The predicted molar refractivity (Wildman–Crippen MR) is 61.6 cm³/mol. The van der Waals surface area contributed by atoms with E-state index in [1.165, 1.54) is 0 Å². The standard InChI is InChI=1S/C12H10BrF2NO/c13-8-2-10(15)9(14)1-7(8)11(17)16-12-3-6(4-12)5-12/h1-2,6H,3-5H2,(H,16,17). The van der Waals surface area contributed by atoms with Crippen molar-refractivity contribution in [3.8, 4) is 0 Å². The quantitative estimate of drug-likeness (QED) is 0.836. The monoisotopic (exact) mass is 301 g/mol. The molecule has 3 fully saturated rings. The Bertz CT molecular complexity index is 500. The van der Waals surface area contributed by atoms with E-state index in [1.54, 1.807) is 0 Å². The zero-order chi connectivity index (χ0) is 12.2. The zero-order valence-corrected chi connectivity index (χ0v) is 10.5. The molecule has 0 atom stereocenters. The SMILES string of the molecule is O=C(NC12CC(C1)C2)c1cc(F)c(F)cc1Br. The van der Waals surface area contributed by atoms with Crippen LogP contribution in [0.3, 0.4) is 0 Å². The first-order valence-electron chi connectivity index (χ1n) is 5.46. The Morgan fingerprint density at radius 3 is 2.41 bits per heavy atom. The molecule has 3 aliphatic carbocycles. The first kappa shape index (κ1) is 11.1. The van der Waals surface area contributed by atoms with Crippen molar-refractivity contribution >= 4 is 21.8 Å².